The largest absolute Gasteiger partial charge is 0.508 e. The lowest BCUT2D eigenvalue weighted by molar-refractivity contribution is 0.0938. The van der Waals surface area contributed by atoms with E-state index < -0.39 is 5.95 Å². The van der Waals surface area contributed by atoms with Crippen LogP contribution >= 0.6 is 0 Å². The van der Waals surface area contributed by atoms with Crippen LogP contribution in [0.3, 0.4) is 0 Å². The van der Waals surface area contributed by atoms with Gasteiger partial charge in [-0.05, 0) is 49.6 Å². The highest BCUT2D eigenvalue weighted by molar-refractivity contribution is 5.93. The van der Waals surface area contributed by atoms with Crippen molar-refractivity contribution in [3.05, 3.63) is 59.7 Å². The molecule has 4 nitrogen and oxygen atoms in total. The molecular weight excluding hydrogens is 271 g/mol. The Labute approximate surface area is 122 Å². The Morgan fingerprint density at radius 1 is 1.29 bits per heavy atom. The van der Waals surface area contributed by atoms with Gasteiger partial charge in [-0.1, -0.05) is 12.1 Å². The molecular formula is C16H17FN2O2. The molecule has 1 amide bonds. The molecule has 1 atom stereocenters. The third-order valence-electron chi connectivity index (χ3n) is 3.17. The third kappa shape index (κ3) is 4.56. The van der Waals surface area contributed by atoms with Crippen LogP contribution in [0.25, 0.3) is 0 Å². The molecule has 0 fully saturated rings. The SMILES string of the molecule is CC(CCc1ccc(O)cc1)NC(=O)c1ccc(F)nc1. The number of amides is 1. The molecule has 2 rings (SSSR count). The molecule has 1 aromatic heterocycles. The molecule has 0 bridgehead atoms. The fraction of sp³-hybridized carbons (Fsp3) is 0.250. The number of halogens is 1. The summed E-state index contributed by atoms with van der Waals surface area (Å²) in [5.41, 5.74) is 1.44. The number of hydrogen-bond acceptors (Lipinski definition) is 3. The summed E-state index contributed by atoms with van der Waals surface area (Å²) < 4.78 is 12.7. The number of phenols is 1. The maximum atomic E-state index is 12.7. The number of phenolic OH excluding ortho intramolecular Hbond substituents is 1. The van der Waals surface area contributed by atoms with Crippen LogP contribution in [0.5, 0.6) is 5.75 Å². The van der Waals surface area contributed by atoms with E-state index in [1.165, 1.54) is 12.3 Å². The molecule has 0 aliphatic heterocycles. The van der Waals surface area contributed by atoms with Crippen LogP contribution in [0.15, 0.2) is 42.6 Å². The summed E-state index contributed by atoms with van der Waals surface area (Å²) in [6.45, 7) is 1.91. The standard InChI is InChI=1S/C16H17FN2O2/c1-11(2-3-12-4-7-14(20)8-5-12)19-16(21)13-6-9-15(17)18-10-13/h4-11,20H,2-3H2,1H3,(H,19,21). The number of nitrogens with one attached hydrogen (secondary N) is 1. The maximum Gasteiger partial charge on any atom is 0.253 e. The summed E-state index contributed by atoms with van der Waals surface area (Å²) in [6.07, 6.45) is 2.78. The lowest BCUT2D eigenvalue weighted by Crippen LogP contribution is -2.33. The van der Waals surface area contributed by atoms with Crippen molar-refractivity contribution in [1.82, 2.24) is 10.3 Å². The van der Waals surface area contributed by atoms with Crippen molar-refractivity contribution in [1.29, 1.82) is 0 Å². The molecule has 110 valence electrons. The van der Waals surface area contributed by atoms with Crippen molar-refractivity contribution in [2.24, 2.45) is 0 Å². The van der Waals surface area contributed by atoms with Crippen molar-refractivity contribution < 1.29 is 14.3 Å². The Hall–Kier alpha value is -2.43. The maximum absolute atomic E-state index is 12.7. The minimum absolute atomic E-state index is 0.0173. The van der Waals surface area contributed by atoms with Crippen LogP contribution < -0.4 is 5.32 Å². The molecule has 0 aliphatic rings. The van der Waals surface area contributed by atoms with E-state index >= 15 is 0 Å². The second kappa shape index (κ2) is 6.83. The first kappa shape index (κ1) is 15.0. The third-order valence-corrected chi connectivity index (χ3v) is 3.17. The van der Waals surface area contributed by atoms with Crippen LogP contribution in [0, 0.1) is 5.95 Å². The van der Waals surface area contributed by atoms with Crippen molar-refractivity contribution in [3.8, 4) is 5.75 Å². The van der Waals surface area contributed by atoms with Gasteiger partial charge in [-0.2, -0.15) is 4.39 Å². The summed E-state index contributed by atoms with van der Waals surface area (Å²) in [4.78, 5) is 15.4. The zero-order chi connectivity index (χ0) is 15.2. The van der Waals surface area contributed by atoms with Crippen LogP contribution in [0.2, 0.25) is 0 Å². The Bertz CT molecular complexity index is 597. The van der Waals surface area contributed by atoms with Gasteiger partial charge >= 0.3 is 0 Å². The first-order chi connectivity index (χ1) is 10.0. The molecule has 0 saturated heterocycles. The zero-order valence-corrected chi connectivity index (χ0v) is 11.7. The number of nitrogens with zero attached hydrogens (tertiary/aromatic N) is 1. The van der Waals surface area contributed by atoms with Gasteiger partial charge in [0.05, 0.1) is 5.56 Å². The highest BCUT2D eigenvalue weighted by atomic mass is 19.1. The zero-order valence-electron chi connectivity index (χ0n) is 11.7. The van der Waals surface area contributed by atoms with E-state index in [0.717, 1.165) is 24.5 Å². The average molecular weight is 288 g/mol. The number of rotatable bonds is 5. The molecule has 0 spiro atoms. The normalized spacial score (nSPS) is 11.9. The number of carbonyl (C=O) groups is 1. The lowest BCUT2D eigenvalue weighted by Gasteiger charge is -2.13. The molecule has 21 heavy (non-hydrogen) atoms. The molecule has 1 unspecified atom stereocenters. The van der Waals surface area contributed by atoms with E-state index in [9.17, 15) is 14.3 Å². The fourth-order valence-corrected chi connectivity index (χ4v) is 1.94. The second-order valence-electron chi connectivity index (χ2n) is 4.95. The fourth-order valence-electron chi connectivity index (χ4n) is 1.94. The van der Waals surface area contributed by atoms with Crippen LogP contribution in [0.4, 0.5) is 4.39 Å². The van der Waals surface area contributed by atoms with Crippen molar-refractivity contribution in [2.75, 3.05) is 0 Å². The first-order valence-electron chi connectivity index (χ1n) is 6.75. The van der Waals surface area contributed by atoms with Crippen molar-refractivity contribution in [2.45, 2.75) is 25.8 Å². The van der Waals surface area contributed by atoms with E-state index in [1.807, 2.05) is 19.1 Å². The number of benzene rings is 1. The Morgan fingerprint density at radius 3 is 2.62 bits per heavy atom. The summed E-state index contributed by atoms with van der Waals surface area (Å²) in [6, 6.07) is 9.55. The van der Waals surface area contributed by atoms with Gasteiger partial charge in [0.15, 0.2) is 0 Å². The quantitative estimate of drug-likeness (QED) is 0.831. The predicted molar refractivity (Wildman–Crippen MR) is 77.6 cm³/mol. The molecule has 0 radical (unpaired) electrons. The molecule has 2 N–H and O–H groups in total. The monoisotopic (exact) mass is 288 g/mol. The van der Waals surface area contributed by atoms with Crippen LogP contribution in [-0.2, 0) is 6.42 Å². The average Bonchev–Trinajstić information content (AvgIpc) is 2.47. The van der Waals surface area contributed by atoms with E-state index in [0.29, 0.717) is 5.56 Å². The molecule has 1 heterocycles. The molecule has 0 aliphatic carbocycles. The Balaban J connectivity index is 1.83. The number of carbonyl (C=O) groups excluding carboxylic acids is 1. The minimum Gasteiger partial charge on any atom is -0.508 e. The summed E-state index contributed by atoms with van der Waals surface area (Å²) in [5.74, 6) is -0.628. The van der Waals surface area contributed by atoms with Crippen LogP contribution in [-0.4, -0.2) is 22.0 Å². The summed E-state index contributed by atoms with van der Waals surface area (Å²) in [7, 11) is 0. The number of pyridine rings is 1. The van der Waals surface area contributed by atoms with Gasteiger partial charge in [-0.3, -0.25) is 4.79 Å². The minimum atomic E-state index is -0.605. The molecule has 1 aromatic carbocycles. The van der Waals surface area contributed by atoms with Crippen molar-refractivity contribution in [3.63, 3.8) is 0 Å². The number of aromatic hydroxyl groups is 1. The van der Waals surface area contributed by atoms with Gasteiger partial charge in [0, 0.05) is 12.2 Å². The Morgan fingerprint density at radius 2 is 2.00 bits per heavy atom. The van der Waals surface area contributed by atoms with Gasteiger partial charge in [-0.15, -0.1) is 0 Å². The van der Waals surface area contributed by atoms with Gasteiger partial charge < -0.3 is 10.4 Å². The molecule has 2 aromatic rings. The number of hydrogen-bond donors (Lipinski definition) is 2. The highest BCUT2D eigenvalue weighted by Gasteiger charge is 2.10. The number of aryl methyl sites for hydroxylation is 1. The van der Waals surface area contributed by atoms with Gasteiger partial charge in [-0.25, -0.2) is 4.98 Å². The molecule has 5 heteroatoms. The van der Waals surface area contributed by atoms with Gasteiger partial charge in [0.25, 0.3) is 5.91 Å². The predicted octanol–water partition coefficient (Wildman–Crippen LogP) is 2.68. The topological polar surface area (TPSA) is 62.2 Å². The second-order valence-corrected chi connectivity index (χ2v) is 4.95. The van der Waals surface area contributed by atoms with E-state index in [-0.39, 0.29) is 17.7 Å². The van der Waals surface area contributed by atoms with E-state index in [2.05, 4.69) is 10.3 Å². The Kier molecular flexibility index (Phi) is 4.87. The smallest absolute Gasteiger partial charge is 0.253 e. The van der Waals surface area contributed by atoms with Gasteiger partial charge in [0.1, 0.15) is 5.75 Å². The summed E-state index contributed by atoms with van der Waals surface area (Å²) >= 11 is 0. The summed E-state index contributed by atoms with van der Waals surface area (Å²) in [5, 5.41) is 12.1. The first-order valence-corrected chi connectivity index (χ1v) is 6.75. The van der Waals surface area contributed by atoms with E-state index in [4.69, 9.17) is 0 Å². The van der Waals surface area contributed by atoms with Crippen molar-refractivity contribution >= 4 is 5.91 Å². The highest BCUT2D eigenvalue weighted by Crippen LogP contribution is 2.12. The number of aromatic nitrogens is 1. The van der Waals surface area contributed by atoms with E-state index in [1.54, 1.807) is 12.1 Å². The molecule has 0 saturated carbocycles. The van der Waals surface area contributed by atoms with Crippen LogP contribution in [0.1, 0.15) is 29.3 Å². The van der Waals surface area contributed by atoms with Gasteiger partial charge in [0.2, 0.25) is 5.95 Å². The lowest BCUT2D eigenvalue weighted by atomic mass is 10.1.